The van der Waals surface area contributed by atoms with E-state index in [0.29, 0.717) is 12.6 Å². The second-order valence-corrected chi connectivity index (χ2v) is 2.46. The molecule has 9 heavy (non-hydrogen) atoms. The Kier molecular flexibility index (Phi) is 1.05. The number of carbonyl (C=O) groups is 1. The first-order chi connectivity index (χ1) is 4.38. The van der Waals surface area contributed by atoms with E-state index in [1.54, 1.807) is 0 Å². The third-order valence-corrected chi connectivity index (χ3v) is 1.87. The van der Waals surface area contributed by atoms with Crippen molar-refractivity contribution in [3.05, 3.63) is 0 Å². The first-order valence-corrected chi connectivity index (χ1v) is 3.12. The minimum Gasteiger partial charge on any atom is -0.304 e. The quantitative estimate of drug-likeness (QED) is 0.352. The molecule has 2 unspecified atom stereocenters. The van der Waals surface area contributed by atoms with Crippen molar-refractivity contribution in [1.29, 1.82) is 0 Å². The minimum atomic E-state index is 0.0324. The highest BCUT2D eigenvalue weighted by molar-refractivity contribution is 5.89. The Morgan fingerprint density at radius 3 is 3.22 bits per heavy atom. The maximum absolute atomic E-state index is 10.9. The molecule has 0 saturated carbocycles. The van der Waals surface area contributed by atoms with E-state index in [4.69, 9.17) is 0 Å². The number of hydrogen-bond donors (Lipinski definition) is 3. The van der Waals surface area contributed by atoms with Gasteiger partial charge in [0.1, 0.15) is 0 Å². The Hall–Kier alpha value is -0.450. The second-order valence-electron chi connectivity index (χ2n) is 2.46. The van der Waals surface area contributed by atoms with E-state index in [9.17, 15) is 4.79 Å². The van der Waals surface area contributed by atoms with Crippen molar-refractivity contribution in [1.82, 2.24) is 16.2 Å². The van der Waals surface area contributed by atoms with E-state index in [1.807, 2.05) is 0 Å². The second kappa shape index (κ2) is 1.76. The molecule has 4 nitrogen and oxygen atoms in total. The van der Waals surface area contributed by atoms with Crippen molar-refractivity contribution in [3.8, 4) is 0 Å². The summed E-state index contributed by atoms with van der Waals surface area (Å²) >= 11 is 0. The van der Waals surface area contributed by atoms with Crippen molar-refractivity contribution >= 4 is 5.78 Å². The zero-order valence-corrected chi connectivity index (χ0v) is 4.98. The Balaban J connectivity index is 2.15. The molecule has 0 aromatic rings. The van der Waals surface area contributed by atoms with Crippen LogP contribution in [-0.4, -0.2) is 31.0 Å². The zero-order chi connectivity index (χ0) is 6.27. The Bertz CT molecular complexity index is 147. The van der Waals surface area contributed by atoms with Gasteiger partial charge in [-0.3, -0.25) is 10.2 Å². The summed E-state index contributed by atoms with van der Waals surface area (Å²) in [7, 11) is 0. The number of rotatable bonds is 0. The van der Waals surface area contributed by atoms with E-state index >= 15 is 0 Å². The maximum atomic E-state index is 10.9. The molecule has 2 rings (SSSR count). The average molecular weight is 127 g/mol. The predicted molar refractivity (Wildman–Crippen MR) is 31.7 cm³/mol. The van der Waals surface area contributed by atoms with Gasteiger partial charge in [-0.05, 0) is 0 Å². The lowest BCUT2D eigenvalue weighted by Gasteiger charge is -2.02. The monoisotopic (exact) mass is 127 g/mol. The number of ketones is 1. The molecular formula is C5H9N3O. The van der Waals surface area contributed by atoms with E-state index in [2.05, 4.69) is 16.2 Å². The maximum Gasteiger partial charge on any atom is 0.166 e. The Morgan fingerprint density at radius 2 is 2.44 bits per heavy atom. The number of hydrogen-bond acceptors (Lipinski definition) is 4. The van der Waals surface area contributed by atoms with Crippen LogP contribution >= 0.6 is 0 Å². The molecule has 50 valence electrons. The van der Waals surface area contributed by atoms with Gasteiger partial charge in [0.25, 0.3) is 0 Å². The molecule has 0 spiro atoms. The summed E-state index contributed by atoms with van der Waals surface area (Å²) < 4.78 is 0. The molecule has 2 fully saturated rings. The minimum absolute atomic E-state index is 0.0324. The summed E-state index contributed by atoms with van der Waals surface area (Å²) in [5.41, 5.74) is 5.83. The fraction of sp³-hybridized carbons (Fsp3) is 0.800. The van der Waals surface area contributed by atoms with Crippen LogP contribution in [0.5, 0.6) is 0 Å². The summed E-state index contributed by atoms with van der Waals surface area (Å²) in [5.74, 6) is 0.269. The summed E-state index contributed by atoms with van der Waals surface area (Å²) in [6.45, 7) is 1.39. The summed E-state index contributed by atoms with van der Waals surface area (Å²) in [5, 5.41) is 3.09. The van der Waals surface area contributed by atoms with Crippen molar-refractivity contribution in [3.63, 3.8) is 0 Å². The lowest BCUT2D eigenvalue weighted by Crippen LogP contribution is -2.36. The van der Waals surface area contributed by atoms with Gasteiger partial charge in [0.15, 0.2) is 5.78 Å². The molecule has 4 heteroatoms. The number of carbonyl (C=O) groups excluding carboxylic acids is 1. The molecule has 2 saturated heterocycles. The van der Waals surface area contributed by atoms with Gasteiger partial charge in [-0.2, -0.15) is 0 Å². The average Bonchev–Trinajstić information content (AvgIpc) is 2.35. The Morgan fingerprint density at radius 1 is 1.56 bits per heavy atom. The first kappa shape index (κ1) is 5.34. The number of fused-ring (bicyclic) bond motifs is 1. The molecule has 0 aromatic carbocycles. The Labute approximate surface area is 53.0 Å². The van der Waals surface area contributed by atoms with Gasteiger partial charge < -0.3 is 5.32 Å². The van der Waals surface area contributed by atoms with Gasteiger partial charge in [-0.15, -0.1) is 0 Å². The molecule has 3 N–H and O–H groups in total. The van der Waals surface area contributed by atoms with Crippen molar-refractivity contribution in [2.24, 2.45) is 0 Å². The lowest BCUT2D eigenvalue weighted by molar-refractivity contribution is -0.118. The van der Waals surface area contributed by atoms with Gasteiger partial charge in [0.2, 0.25) is 0 Å². The molecule has 0 radical (unpaired) electrons. The highest BCUT2D eigenvalue weighted by Crippen LogP contribution is 2.05. The van der Waals surface area contributed by atoms with Gasteiger partial charge in [-0.25, -0.2) is 5.43 Å². The predicted octanol–water partition coefficient (Wildman–Crippen LogP) is -2.00. The molecule has 0 amide bonds. The van der Waals surface area contributed by atoms with Crippen LogP contribution in [0.3, 0.4) is 0 Å². The summed E-state index contributed by atoms with van der Waals surface area (Å²) in [4.78, 5) is 10.9. The normalized spacial score (nSPS) is 41.6. The van der Waals surface area contributed by atoms with Crippen LogP contribution in [0.15, 0.2) is 0 Å². The summed E-state index contributed by atoms with van der Waals surface area (Å²) in [6.07, 6.45) is 0. The molecular weight excluding hydrogens is 118 g/mol. The molecule has 2 atom stereocenters. The van der Waals surface area contributed by atoms with Crippen LogP contribution in [0.4, 0.5) is 0 Å². The molecule has 2 heterocycles. The van der Waals surface area contributed by atoms with Crippen LogP contribution in [-0.2, 0) is 4.79 Å². The smallest absolute Gasteiger partial charge is 0.166 e. The fourth-order valence-corrected chi connectivity index (χ4v) is 1.33. The third-order valence-electron chi connectivity index (χ3n) is 1.87. The molecule has 0 bridgehead atoms. The number of hydrazine groups is 1. The zero-order valence-electron chi connectivity index (χ0n) is 4.98. The van der Waals surface area contributed by atoms with E-state index in [1.165, 1.54) is 0 Å². The molecule has 2 aliphatic heterocycles. The SMILES string of the molecule is O=C1CNC2CNNC12. The van der Waals surface area contributed by atoms with Crippen LogP contribution in [0.1, 0.15) is 0 Å². The van der Waals surface area contributed by atoms with E-state index in [0.717, 1.165) is 6.54 Å². The van der Waals surface area contributed by atoms with Gasteiger partial charge in [0.05, 0.1) is 12.6 Å². The highest BCUT2D eigenvalue weighted by atomic mass is 16.1. The third kappa shape index (κ3) is 0.676. The number of nitrogens with one attached hydrogen (secondary N) is 3. The van der Waals surface area contributed by atoms with Crippen molar-refractivity contribution in [2.75, 3.05) is 13.1 Å². The number of Topliss-reactive ketones (excluding diaryl/α,β-unsaturated/α-hetero) is 1. The molecule has 2 aliphatic rings. The van der Waals surface area contributed by atoms with E-state index in [-0.39, 0.29) is 11.8 Å². The lowest BCUT2D eigenvalue weighted by atomic mass is 10.1. The van der Waals surface area contributed by atoms with Crippen LogP contribution < -0.4 is 16.2 Å². The van der Waals surface area contributed by atoms with Crippen LogP contribution in [0.2, 0.25) is 0 Å². The fourth-order valence-electron chi connectivity index (χ4n) is 1.33. The summed E-state index contributed by atoms with van der Waals surface area (Å²) in [6, 6.07) is 0.363. The molecule has 0 aromatic heterocycles. The van der Waals surface area contributed by atoms with Gasteiger partial charge in [-0.1, -0.05) is 0 Å². The van der Waals surface area contributed by atoms with E-state index < -0.39 is 0 Å². The van der Waals surface area contributed by atoms with Crippen LogP contribution in [0, 0.1) is 0 Å². The van der Waals surface area contributed by atoms with Crippen LogP contribution in [0.25, 0.3) is 0 Å². The highest BCUT2D eigenvalue weighted by Gasteiger charge is 2.37. The largest absolute Gasteiger partial charge is 0.304 e. The van der Waals surface area contributed by atoms with Gasteiger partial charge >= 0.3 is 0 Å². The van der Waals surface area contributed by atoms with Crippen molar-refractivity contribution < 1.29 is 4.79 Å². The molecule has 0 aliphatic carbocycles. The van der Waals surface area contributed by atoms with Crippen molar-refractivity contribution in [2.45, 2.75) is 12.1 Å². The standard InChI is InChI=1S/C5H9N3O/c9-4-2-6-3-1-7-8-5(3)4/h3,5-8H,1-2H2. The topological polar surface area (TPSA) is 53.2 Å². The first-order valence-electron chi connectivity index (χ1n) is 3.12. The van der Waals surface area contributed by atoms with Gasteiger partial charge in [0, 0.05) is 12.6 Å².